The summed E-state index contributed by atoms with van der Waals surface area (Å²) in [6, 6.07) is 0. The minimum Gasteiger partial charge on any atom is -0.460 e. The Bertz CT molecular complexity index is 628. The molecule has 7 nitrogen and oxygen atoms in total. The number of hydrogen-bond donors (Lipinski definition) is 1. The monoisotopic (exact) mass is 472 g/mol. The van der Waals surface area contributed by atoms with Crippen LogP contribution in [0.1, 0.15) is 74.1 Å². The molecule has 1 atom stereocenters. The highest BCUT2D eigenvalue weighted by molar-refractivity contribution is 8.13. The van der Waals surface area contributed by atoms with Gasteiger partial charge in [0.1, 0.15) is 5.04 Å². The third-order valence-corrected chi connectivity index (χ3v) is 5.07. The number of oxime groups is 1. The molecule has 0 saturated heterocycles. The van der Waals surface area contributed by atoms with E-state index in [4.69, 9.17) is 9.47 Å². The molecule has 0 spiro atoms. The maximum absolute atomic E-state index is 11.5. The van der Waals surface area contributed by atoms with E-state index in [1.54, 1.807) is 20.1 Å². The number of methoxy groups -OCH3 is 1. The summed E-state index contributed by atoms with van der Waals surface area (Å²) in [6.07, 6.45) is 11.4. The van der Waals surface area contributed by atoms with Crippen LogP contribution >= 0.6 is 11.8 Å². The number of rotatable bonds is 11. The molecule has 32 heavy (non-hydrogen) atoms. The zero-order valence-electron chi connectivity index (χ0n) is 21.6. The fourth-order valence-corrected chi connectivity index (χ4v) is 2.38. The number of carbonyl (C=O) groups is 2. The van der Waals surface area contributed by atoms with Crippen LogP contribution in [0, 0.1) is 5.92 Å². The second-order valence-electron chi connectivity index (χ2n) is 8.42. The number of allylic oxidation sites excluding steroid dienone is 3. The zero-order valence-corrected chi connectivity index (χ0v) is 22.4. The Labute approximate surface area is 199 Å². The first-order chi connectivity index (χ1) is 14.9. The van der Waals surface area contributed by atoms with Crippen molar-refractivity contribution in [2.45, 2.75) is 85.9 Å². The first-order valence-electron chi connectivity index (χ1n) is 10.9. The Morgan fingerprint density at radius 1 is 1.19 bits per heavy atom. The van der Waals surface area contributed by atoms with Crippen molar-refractivity contribution in [1.82, 2.24) is 5.32 Å². The molecular weight excluding hydrogens is 428 g/mol. The average molecular weight is 473 g/mol. The second-order valence-corrected chi connectivity index (χ2v) is 9.42. The van der Waals surface area contributed by atoms with Gasteiger partial charge in [-0.3, -0.25) is 4.84 Å². The molecule has 1 unspecified atom stereocenters. The van der Waals surface area contributed by atoms with E-state index in [1.807, 2.05) is 33.1 Å². The average Bonchev–Trinajstić information content (AvgIpc) is 2.71. The summed E-state index contributed by atoms with van der Waals surface area (Å²) in [4.78, 5) is 26.2. The van der Waals surface area contributed by atoms with Crippen LogP contribution in [0.25, 0.3) is 0 Å². The van der Waals surface area contributed by atoms with Gasteiger partial charge in [-0.25, -0.2) is 9.59 Å². The quantitative estimate of drug-likeness (QED) is 0.0743. The van der Waals surface area contributed by atoms with Crippen LogP contribution in [0.3, 0.4) is 0 Å². The van der Waals surface area contributed by atoms with Gasteiger partial charge in [0.2, 0.25) is 0 Å². The molecule has 8 heteroatoms. The maximum atomic E-state index is 11.5. The molecule has 0 aliphatic rings. The SMILES string of the molecule is CNC(=O)O/N=C(\C)SC.COC(C)(C)CCCC(C)C/C=C/C(C)=C/C(=O)OC(C)C. The predicted octanol–water partition coefficient (Wildman–Crippen LogP) is 6.10. The summed E-state index contributed by atoms with van der Waals surface area (Å²) in [5.74, 6) is 0.367. The summed E-state index contributed by atoms with van der Waals surface area (Å²) < 4.78 is 10.5. The molecule has 186 valence electrons. The summed E-state index contributed by atoms with van der Waals surface area (Å²) in [5, 5.41) is 6.46. The van der Waals surface area contributed by atoms with Crippen molar-refractivity contribution in [3.8, 4) is 0 Å². The molecule has 0 fully saturated rings. The molecular formula is C24H44N2O5S. The van der Waals surface area contributed by atoms with Gasteiger partial charge in [-0.2, -0.15) is 0 Å². The van der Waals surface area contributed by atoms with Gasteiger partial charge in [-0.1, -0.05) is 37.1 Å². The molecule has 1 N–H and O–H groups in total. The molecule has 1 amide bonds. The second kappa shape index (κ2) is 18.7. The number of amides is 1. The van der Waals surface area contributed by atoms with E-state index in [-0.39, 0.29) is 17.7 Å². The van der Waals surface area contributed by atoms with E-state index in [0.717, 1.165) is 18.4 Å². The third-order valence-electron chi connectivity index (χ3n) is 4.40. The van der Waals surface area contributed by atoms with E-state index in [9.17, 15) is 9.59 Å². The smallest absolute Gasteiger partial charge is 0.433 e. The highest BCUT2D eigenvalue weighted by Gasteiger charge is 2.15. The standard InChI is InChI=1S/C19H34O3.C5H10N2O2S/c1-15(2)22-18(20)14-17(4)11-8-10-16(3)12-9-13-19(5,6)21-7;1-4(10-3)7-9-5(8)6-2/h8,11,14-16H,9-10,12-13H2,1-7H3;1-3H3,(H,6,8)/b11-8+,17-14+;7-4+. The first-order valence-corrected chi connectivity index (χ1v) is 12.2. The maximum Gasteiger partial charge on any atom is 0.433 e. The van der Waals surface area contributed by atoms with Gasteiger partial charge in [-0.15, -0.1) is 11.8 Å². The summed E-state index contributed by atoms with van der Waals surface area (Å²) in [5.41, 5.74) is 0.907. The molecule has 0 rings (SSSR count). The minimum atomic E-state index is -0.548. The highest BCUT2D eigenvalue weighted by atomic mass is 32.2. The number of nitrogens with zero attached hydrogens (tertiary/aromatic N) is 1. The van der Waals surface area contributed by atoms with Crippen molar-refractivity contribution in [2.24, 2.45) is 11.1 Å². The molecule has 0 heterocycles. The van der Waals surface area contributed by atoms with E-state index < -0.39 is 6.09 Å². The number of esters is 1. The number of ether oxygens (including phenoxy) is 2. The lowest BCUT2D eigenvalue weighted by Gasteiger charge is -2.23. The Balaban J connectivity index is 0. The molecule has 0 radical (unpaired) electrons. The number of thioether (sulfide) groups is 1. The van der Waals surface area contributed by atoms with Crippen molar-refractivity contribution < 1.29 is 23.9 Å². The van der Waals surface area contributed by atoms with E-state index >= 15 is 0 Å². The van der Waals surface area contributed by atoms with Crippen molar-refractivity contribution in [2.75, 3.05) is 20.4 Å². The van der Waals surface area contributed by atoms with Gasteiger partial charge < -0.3 is 14.8 Å². The van der Waals surface area contributed by atoms with Crippen LogP contribution in [0.4, 0.5) is 4.79 Å². The Morgan fingerprint density at radius 2 is 1.81 bits per heavy atom. The van der Waals surface area contributed by atoms with Gasteiger partial charge in [0, 0.05) is 20.2 Å². The van der Waals surface area contributed by atoms with E-state index in [0.29, 0.717) is 11.0 Å². The van der Waals surface area contributed by atoms with Crippen LogP contribution in [0.15, 0.2) is 29.0 Å². The summed E-state index contributed by atoms with van der Waals surface area (Å²) in [6.45, 7) is 13.9. The van der Waals surface area contributed by atoms with E-state index in [2.05, 4.69) is 42.2 Å². The predicted molar refractivity (Wildman–Crippen MR) is 135 cm³/mol. The Morgan fingerprint density at radius 3 is 2.31 bits per heavy atom. The van der Waals surface area contributed by atoms with Gasteiger partial charge in [-0.05, 0) is 72.1 Å². The Hall–Kier alpha value is -1.80. The summed E-state index contributed by atoms with van der Waals surface area (Å²) >= 11 is 1.42. The number of nitrogens with one attached hydrogen (secondary N) is 1. The van der Waals surface area contributed by atoms with Crippen molar-refractivity contribution >= 4 is 28.9 Å². The molecule has 0 bridgehead atoms. The Kier molecular flexibility index (Phi) is 19.0. The molecule has 0 saturated carbocycles. The van der Waals surface area contributed by atoms with Crippen LogP contribution < -0.4 is 5.32 Å². The lowest BCUT2D eigenvalue weighted by Crippen LogP contribution is -2.22. The fourth-order valence-electron chi connectivity index (χ4n) is 2.27. The van der Waals surface area contributed by atoms with Crippen LogP contribution in [-0.2, 0) is 19.1 Å². The summed E-state index contributed by atoms with van der Waals surface area (Å²) in [7, 11) is 3.25. The molecule has 0 aliphatic carbocycles. The van der Waals surface area contributed by atoms with Gasteiger partial charge >= 0.3 is 12.1 Å². The molecule has 0 aromatic rings. The fraction of sp³-hybridized carbons (Fsp3) is 0.708. The third kappa shape index (κ3) is 21.4. The minimum absolute atomic E-state index is 0.0222. The molecule has 0 aromatic heterocycles. The van der Waals surface area contributed by atoms with Gasteiger partial charge in [0.15, 0.2) is 0 Å². The number of hydrogen-bond acceptors (Lipinski definition) is 7. The van der Waals surface area contributed by atoms with Crippen LogP contribution in [0.2, 0.25) is 0 Å². The number of carbonyl (C=O) groups excluding carboxylic acids is 2. The first kappa shape index (κ1) is 32.4. The van der Waals surface area contributed by atoms with E-state index in [1.165, 1.54) is 31.7 Å². The van der Waals surface area contributed by atoms with Crippen LogP contribution in [-0.4, -0.2) is 49.2 Å². The van der Waals surface area contributed by atoms with Crippen molar-refractivity contribution in [1.29, 1.82) is 0 Å². The lowest BCUT2D eigenvalue weighted by molar-refractivity contribution is -0.141. The largest absolute Gasteiger partial charge is 0.460 e. The zero-order chi connectivity index (χ0) is 25.2. The topological polar surface area (TPSA) is 86.2 Å². The van der Waals surface area contributed by atoms with Gasteiger partial charge in [0.05, 0.1) is 11.7 Å². The van der Waals surface area contributed by atoms with Gasteiger partial charge in [0.25, 0.3) is 0 Å². The highest BCUT2D eigenvalue weighted by Crippen LogP contribution is 2.20. The lowest BCUT2D eigenvalue weighted by atomic mass is 9.95. The van der Waals surface area contributed by atoms with Crippen LogP contribution in [0.5, 0.6) is 0 Å². The van der Waals surface area contributed by atoms with Crippen molar-refractivity contribution in [3.05, 3.63) is 23.8 Å². The normalized spacial score (nSPS) is 13.5. The molecule has 0 aromatic carbocycles. The van der Waals surface area contributed by atoms with Crippen molar-refractivity contribution in [3.63, 3.8) is 0 Å². The molecule has 0 aliphatic heterocycles.